The van der Waals surface area contributed by atoms with Gasteiger partial charge in [0.1, 0.15) is 0 Å². The molecule has 0 saturated heterocycles. The molecule has 0 unspecified atom stereocenters. The molecule has 0 atom stereocenters. The second kappa shape index (κ2) is 3.69. The summed E-state index contributed by atoms with van der Waals surface area (Å²) >= 11 is 6.12. The summed E-state index contributed by atoms with van der Waals surface area (Å²) in [5, 5.41) is 0.884. The predicted octanol–water partition coefficient (Wildman–Crippen LogP) is 2.72. The topological polar surface area (TPSA) is 26.0 Å². The van der Waals surface area contributed by atoms with Gasteiger partial charge in [-0.1, -0.05) is 23.7 Å². The van der Waals surface area contributed by atoms with Gasteiger partial charge in [-0.15, -0.1) is 0 Å². The lowest BCUT2D eigenvalue weighted by Gasteiger charge is -2.09. The van der Waals surface area contributed by atoms with E-state index in [0.717, 1.165) is 17.4 Å². The van der Waals surface area contributed by atoms with Crippen molar-refractivity contribution in [1.29, 1.82) is 0 Å². The first-order chi connectivity index (χ1) is 6.33. The largest absolute Gasteiger partial charge is 0.330 e. The third-order valence-electron chi connectivity index (χ3n) is 2.57. The van der Waals surface area contributed by atoms with Crippen molar-refractivity contribution in [2.75, 3.05) is 6.54 Å². The highest BCUT2D eigenvalue weighted by atomic mass is 35.5. The average Bonchev–Trinajstić information content (AvgIpc) is 2.92. The highest BCUT2D eigenvalue weighted by molar-refractivity contribution is 6.31. The van der Waals surface area contributed by atoms with E-state index in [1.54, 1.807) is 0 Å². The highest BCUT2D eigenvalue weighted by Crippen LogP contribution is 2.43. The van der Waals surface area contributed by atoms with E-state index in [1.807, 2.05) is 12.1 Å². The minimum atomic E-state index is 0.684. The molecular formula is C11H14ClN. The number of halogens is 1. The summed E-state index contributed by atoms with van der Waals surface area (Å²) in [6.07, 6.45) is 3.54. The van der Waals surface area contributed by atoms with Gasteiger partial charge in [0.2, 0.25) is 0 Å². The Morgan fingerprint density at radius 2 is 2.15 bits per heavy atom. The third kappa shape index (κ3) is 1.87. The Morgan fingerprint density at radius 3 is 2.77 bits per heavy atom. The van der Waals surface area contributed by atoms with Crippen LogP contribution in [0.15, 0.2) is 18.2 Å². The molecule has 0 radical (unpaired) electrons. The minimum absolute atomic E-state index is 0.684. The lowest BCUT2D eigenvalue weighted by Crippen LogP contribution is -2.05. The molecule has 13 heavy (non-hydrogen) atoms. The molecule has 1 aromatic carbocycles. The molecule has 0 aromatic heterocycles. The quantitative estimate of drug-likeness (QED) is 0.789. The Kier molecular flexibility index (Phi) is 2.56. The monoisotopic (exact) mass is 195 g/mol. The molecule has 0 bridgehead atoms. The smallest absolute Gasteiger partial charge is 0.0441 e. The first kappa shape index (κ1) is 9.04. The van der Waals surface area contributed by atoms with E-state index in [-0.39, 0.29) is 0 Å². The summed E-state index contributed by atoms with van der Waals surface area (Å²) < 4.78 is 0. The predicted molar refractivity (Wildman–Crippen MR) is 56.2 cm³/mol. The van der Waals surface area contributed by atoms with Crippen LogP contribution in [0.3, 0.4) is 0 Å². The molecule has 1 saturated carbocycles. The molecule has 0 spiro atoms. The number of rotatable bonds is 3. The fourth-order valence-electron chi connectivity index (χ4n) is 1.76. The molecule has 2 N–H and O–H groups in total. The van der Waals surface area contributed by atoms with Gasteiger partial charge >= 0.3 is 0 Å². The Labute approximate surface area is 83.9 Å². The second-order valence-corrected chi connectivity index (χ2v) is 4.03. The molecular weight excluding hydrogens is 182 g/mol. The molecule has 2 heteroatoms. The van der Waals surface area contributed by atoms with Crippen molar-refractivity contribution in [3.8, 4) is 0 Å². The number of benzene rings is 1. The fourth-order valence-corrected chi connectivity index (χ4v) is 2.04. The van der Waals surface area contributed by atoms with Gasteiger partial charge < -0.3 is 5.73 Å². The van der Waals surface area contributed by atoms with Crippen molar-refractivity contribution in [3.05, 3.63) is 34.3 Å². The van der Waals surface area contributed by atoms with E-state index >= 15 is 0 Å². The average molecular weight is 196 g/mol. The van der Waals surface area contributed by atoms with Gasteiger partial charge in [-0.3, -0.25) is 0 Å². The molecule has 1 aliphatic rings. The van der Waals surface area contributed by atoms with Crippen LogP contribution in [-0.4, -0.2) is 6.54 Å². The fraction of sp³-hybridized carbons (Fsp3) is 0.455. The maximum Gasteiger partial charge on any atom is 0.0441 e. The number of hydrogen-bond acceptors (Lipinski definition) is 1. The van der Waals surface area contributed by atoms with Crippen LogP contribution in [0, 0.1) is 0 Å². The molecule has 0 amide bonds. The second-order valence-electron chi connectivity index (χ2n) is 3.62. The van der Waals surface area contributed by atoms with E-state index in [0.29, 0.717) is 6.54 Å². The highest BCUT2D eigenvalue weighted by Gasteiger charge is 2.26. The summed E-state index contributed by atoms with van der Waals surface area (Å²) in [4.78, 5) is 0. The van der Waals surface area contributed by atoms with Crippen LogP contribution in [0.25, 0.3) is 0 Å². The van der Waals surface area contributed by atoms with Crippen LogP contribution in [0.2, 0.25) is 5.02 Å². The standard InChI is InChI=1S/C11H14ClN/c12-11-3-1-2-9(8-4-5-8)10(11)6-7-13/h1-3,8H,4-7,13H2. The molecule has 1 nitrogen and oxygen atoms in total. The van der Waals surface area contributed by atoms with Gasteiger partial charge in [0.25, 0.3) is 0 Å². The molecule has 1 aliphatic carbocycles. The van der Waals surface area contributed by atoms with Crippen LogP contribution in [0.4, 0.5) is 0 Å². The molecule has 1 fully saturated rings. The van der Waals surface area contributed by atoms with Crippen molar-refractivity contribution in [2.24, 2.45) is 5.73 Å². The van der Waals surface area contributed by atoms with Crippen molar-refractivity contribution < 1.29 is 0 Å². The SMILES string of the molecule is NCCc1c(Cl)cccc1C1CC1. The number of nitrogens with two attached hydrogens (primary N) is 1. The lowest BCUT2D eigenvalue weighted by molar-refractivity contribution is 0.936. The van der Waals surface area contributed by atoms with Crippen LogP contribution in [-0.2, 0) is 6.42 Å². The van der Waals surface area contributed by atoms with Gasteiger partial charge in [0.15, 0.2) is 0 Å². The van der Waals surface area contributed by atoms with E-state index in [9.17, 15) is 0 Å². The lowest BCUT2D eigenvalue weighted by atomic mass is 10.0. The van der Waals surface area contributed by atoms with Crippen LogP contribution in [0.5, 0.6) is 0 Å². The van der Waals surface area contributed by atoms with Crippen molar-refractivity contribution in [2.45, 2.75) is 25.2 Å². The maximum atomic E-state index is 6.12. The Bertz CT molecular complexity index is 305. The van der Waals surface area contributed by atoms with Gasteiger partial charge in [-0.25, -0.2) is 0 Å². The zero-order valence-electron chi connectivity index (χ0n) is 7.59. The molecule has 2 rings (SSSR count). The molecule has 1 aromatic rings. The van der Waals surface area contributed by atoms with Crippen LogP contribution < -0.4 is 5.73 Å². The van der Waals surface area contributed by atoms with Crippen LogP contribution in [0.1, 0.15) is 29.9 Å². The zero-order chi connectivity index (χ0) is 9.26. The summed E-state index contributed by atoms with van der Waals surface area (Å²) in [6.45, 7) is 0.684. The van der Waals surface area contributed by atoms with E-state index in [2.05, 4.69) is 6.07 Å². The molecule has 0 heterocycles. The van der Waals surface area contributed by atoms with E-state index in [4.69, 9.17) is 17.3 Å². The van der Waals surface area contributed by atoms with Gasteiger partial charge in [0, 0.05) is 5.02 Å². The zero-order valence-corrected chi connectivity index (χ0v) is 8.35. The van der Waals surface area contributed by atoms with Gasteiger partial charge in [-0.2, -0.15) is 0 Å². The Hall–Kier alpha value is -0.530. The van der Waals surface area contributed by atoms with E-state index < -0.39 is 0 Å². The van der Waals surface area contributed by atoms with Crippen molar-refractivity contribution in [1.82, 2.24) is 0 Å². The maximum absolute atomic E-state index is 6.12. The minimum Gasteiger partial charge on any atom is -0.330 e. The molecule has 0 aliphatic heterocycles. The van der Waals surface area contributed by atoms with E-state index in [1.165, 1.54) is 24.0 Å². The van der Waals surface area contributed by atoms with Gasteiger partial charge in [0.05, 0.1) is 0 Å². The first-order valence-electron chi connectivity index (χ1n) is 4.80. The third-order valence-corrected chi connectivity index (χ3v) is 2.92. The van der Waals surface area contributed by atoms with Gasteiger partial charge in [-0.05, 0) is 48.9 Å². The summed E-state index contributed by atoms with van der Waals surface area (Å²) in [5.74, 6) is 0.764. The van der Waals surface area contributed by atoms with Crippen LogP contribution >= 0.6 is 11.6 Å². The first-order valence-corrected chi connectivity index (χ1v) is 5.18. The Morgan fingerprint density at radius 1 is 1.38 bits per heavy atom. The number of hydrogen-bond donors (Lipinski definition) is 1. The summed E-state index contributed by atoms with van der Waals surface area (Å²) in [7, 11) is 0. The summed E-state index contributed by atoms with van der Waals surface area (Å²) in [6, 6.07) is 6.18. The normalized spacial score (nSPS) is 16.2. The summed E-state index contributed by atoms with van der Waals surface area (Å²) in [5.41, 5.74) is 8.26. The Balaban J connectivity index is 2.35. The van der Waals surface area contributed by atoms with Crippen molar-refractivity contribution >= 4 is 11.6 Å². The molecule has 70 valence electrons. The van der Waals surface area contributed by atoms with Crippen molar-refractivity contribution in [3.63, 3.8) is 0 Å².